The van der Waals surface area contributed by atoms with Crippen molar-refractivity contribution in [3.05, 3.63) is 77.4 Å². The van der Waals surface area contributed by atoms with Crippen molar-refractivity contribution in [2.75, 3.05) is 7.11 Å². The summed E-state index contributed by atoms with van der Waals surface area (Å²) in [7, 11) is 1.39. The first kappa shape index (κ1) is 14.1. The highest BCUT2D eigenvalue weighted by Crippen LogP contribution is 2.19. The Morgan fingerprint density at radius 3 is 2.30 bits per heavy atom. The van der Waals surface area contributed by atoms with Crippen molar-refractivity contribution in [2.24, 2.45) is 0 Å². The van der Waals surface area contributed by atoms with Crippen LogP contribution in [0.3, 0.4) is 0 Å². The number of rotatable bonds is 4. The Kier molecular flexibility index (Phi) is 4.72. The van der Waals surface area contributed by atoms with Gasteiger partial charge in [0.15, 0.2) is 0 Å². The maximum atomic E-state index is 11.4. The molecule has 2 aromatic rings. The van der Waals surface area contributed by atoms with Gasteiger partial charge in [-0.05, 0) is 29.2 Å². The van der Waals surface area contributed by atoms with E-state index in [2.05, 4.69) is 35.9 Å². The van der Waals surface area contributed by atoms with E-state index in [1.165, 1.54) is 18.2 Å². The lowest BCUT2D eigenvalue weighted by Gasteiger charge is -2.07. The second kappa shape index (κ2) is 6.71. The van der Waals surface area contributed by atoms with E-state index >= 15 is 0 Å². The molecule has 0 saturated carbocycles. The molecule has 2 rings (SSSR count). The van der Waals surface area contributed by atoms with Crippen LogP contribution in [-0.2, 0) is 4.74 Å². The highest BCUT2D eigenvalue weighted by molar-refractivity contribution is 5.89. The minimum absolute atomic E-state index is 0.293. The SMILES string of the molecule is COC(=O)c1ccc([C@@H](C)/C=C/c2ccccc2)cc1. The predicted octanol–water partition coefficient (Wildman–Crippen LogP) is 4.29. The highest BCUT2D eigenvalue weighted by atomic mass is 16.5. The second-order valence-electron chi connectivity index (χ2n) is 4.67. The van der Waals surface area contributed by atoms with Crippen LogP contribution in [0.2, 0.25) is 0 Å². The first-order valence-electron chi connectivity index (χ1n) is 6.62. The van der Waals surface area contributed by atoms with Gasteiger partial charge >= 0.3 is 5.97 Å². The molecule has 0 amide bonds. The van der Waals surface area contributed by atoms with Crippen LogP contribution in [0.4, 0.5) is 0 Å². The van der Waals surface area contributed by atoms with Gasteiger partial charge in [-0.15, -0.1) is 0 Å². The lowest BCUT2D eigenvalue weighted by atomic mass is 9.98. The van der Waals surface area contributed by atoms with E-state index in [1.54, 1.807) is 12.1 Å². The summed E-state index contributed by atoms with van der Waals surface area (Å²) in [5, 5.41) is 0. The molecule has 0 saturated heterocycles. The number of carbonyl (C=O) groups is 1. The van der Waals surface area contributed by atoms with Gasteiger partial charge in [0.05, 0.1) is 12.7 Å². The summed E-state index contributed by atoms with van der Waals surface area (Å²) < 4.78 is 4.69. The number of benzene rings is 2. The number of ether oxygens (including phenoxy) is 1. The van der Waals surface area contributed by atoms with Gasteiger partial charge in [-0.3, -0.25) is 0 Å². The minimum Gasteiger partial charge on any atom is -0.465 e. The Labute approximate surface area is 119 Å². The Morgan fingerprint density at radius 1 is 1.05 bits per heavy atom. The van der Waals surface area contributed by atoms with E-state index in [4.69, 9.17) is 0 Å². The second-order valence-corrected chi connectivity index (χ2v) is 4.67. The van der Waals surface area contributed by atoms with Crippen LogP contribution in [0.25, 0.3) is 6.08 Å². The average molecular weight is 266 g/mol. The molecule has 0 aliphatic rings. The number of carbonyl (C=O) groups excluding carboxylic acids is 1. The Balaban J connectivity index is 2.08. The molecular weight excluding hydrogens is 248 g/mol. The molecule has 2 heteroatoms. The Bertz CT molecular complexity index is 583. The van der Waals surface area contributed by atoms with Gasteiger partial charge in [0.25, 0.3) is 0 Å². The number of hydrogen-bond acceptors (Lipinski definition) is 2. The predicted molar refractivity (Wildman–Crippen MR) is 81.7 cm³/mol. The number of esters is 1. The van der Waals surface area contributed by atoms with Crippen molar-refractivity contribution >= 4 is 12.0 Å². The van der Waals surface area contributed by atoms with Crippen molar-refractivity contribution in [3.8, 4) is 0 Å². The van der Waals surface area contributed by atoms with Crippen molar-refractivity contribution in [2.45, 2.75) is 12.8 Å². The summed E-state index contributed by atoms with van der Waals surface area (Å²) in [5.41, 5.74) is 2.94. The van der Waals surface area contributed by atoms with E-state index in [1.807, 2.05) is 30.3 Å². The third kappa shape index (κ3) is 3.58. The molecular formula is C18H18O2. The zero-order chi connectivity index (χ0) is 14.4. The van der Waals surface area contributed by atoms with Crippen LogP contribution >= 0.6 is 0 Å². The van der Waals surface area contributed by atoms with Crippen molar-refractivity contribution < 1.29 is 9.53 Å². The zero-order valence-corrected chi connectivity index (χ0v) is 11.7. The standard InChI is InChI=1S/C18H18O2/c1-14(8-9-15-6-4-3-5-7-15)16-10-12-17(13-11-16)18(19)20-2/h3-14H,1-2H3/b9-8+/t14-/m0/s1. The zero-order valence-electron chi connectivity index (χ0n) is 11.7. The van der Waals surface area contributed by atoms with Gasteiger partial charge < -0.3 is 4.74 Å². The van der Waals surface area contributed by atoms with Gasteiger partial charge in [0.2, 0.25) is 0 Å². The lowest BCUT2D eigenvalue weighted by Crippen LogP contribution is -2.01. The molecule has 102 valence electrons. The largest absolute Gasteiger partial charge is 0.465 e. The molecule has 0 unspecified atom stereocenters. The Morgan fingerprint density at radius 2 is 1.70 bits per heavy atom. The molecule has 0 N–H and O–H groups in total. The molecule has 20 heavy (non-hydrogen) atoms. The minimum atomic E-state index is -0.302. The average Bonchev–Trinajstić information content (AvgIpc) is 2.53. The smallest absolute Gasteiger partial charge is 0.337 e. The van der Waals surface area contributed by atoms with Crippen molar-refractivity contribution in [3.63, 3.8) is 0 Å². The summed E-state index contributed by atoms with van der Waals surface area (Å²) in [6.45, 7) is 2.13. The van der Waals surface area contributed by atoms with Crippen LogP contribution in [0.15, 0.2) is 60.7 Å². The number of hydrogen-bond donors (Lipinski definition) is 0. The molecule has 0 aliphatic heterocycles. The van der Waals surface area contributed by atoms with E-state index in [0.29, 0.717) is 11.5 Å². The first-order valence-corrected chi connectivity index (χ1v) is 6.62. The highest BCUT2D eigenvalue weighted by Gasteiger charge is 2.06. The Hall–Kier alpha value is -2.35. The first-order chi connectivity index (χ1) is 9.70. The normalized spacial score (nSPS) is 12.3. The molecule has 2 nitrogen and oxygen atoms in total. The molecule has 2 aromatic carbocycles. The summed E-state index contributed by atoms with van der Waals surface area (Å²) in [6.07, 6.45) is 4.27. The molecule has 0 fully saturated rings. The molecule has 0 heterocycles. The fourth-order valence-corrected chi connectivity index (χ4v) is 1.97. The quantitative estimate of drug-likeness (QED) is 0.772. The van der Waals surface area contributed by atoms with E-state index < -0.39 is 0 Å². The summed E-state index contributed by atoms with van der Waals surface area (Å²) in [4.78, 5) is 11.4. The van der Waals surface area contributed by atoms with E-state index in [9.17, 15) is 4.79 Å². The van der Waals surface area contributed by atoms with Crippen LogP contribution in [0.1, 0.15) is 34.3 Å². The van der Waals surface area contributed by atoms with Crippen LogP contribution in [0.5, 0.6) is 0 Å². The maximum Gasteiger partial charge on any atom is 0.337 e. The van der Waals surface area contributed by atoms with Crippen LogP contribution in [-0.4, -0.2) is 13.1 Å². The summed E-state index contributed by atoms with van der Waals surface area (Å²) in [5.74, 6) is -0.00839. The molecule has 0 spiro atoms. The number of methoxy groups -OCH3 is 1. The third-order valence-corrected chi connectivity index (χ3v) is 3.23. The fourth-order valence-electron chi connectivity index (χ4n) is 1.97. The molecule has 0 aliphatic carbocycles. The topological polar surface area (TPSA) is 26.3 Å². The third-order valence-electron chi connectivity index (χ3n) is 3.23. The number of allylic oxidation sites excluding steroid dienone is 1. The van der Waals surface area contributed by atoms with Gasteiger partial charge in [0.1, 0.15) is 0 Å². The summed E-state index contributed by atoms with van der Waals surface area (Å²) >= 11 is 0. The monoisotopic (exact) mass is 266 g/mol. The summed E-state index contributed by atoms with van der Waals surface area (Å²) in [6, 6.07) is 17.7. The van der Waals surface area contributed by atoms with E-state index in [-0.39, 0.29) is 5.97 Å². The fraction of sp³-hybridized carbons (Fsp3) is 0.167. The molecule has 1 atom stereocenters. The lowest BCUT2D eigenvalue weighted by molar-refractivity contribution is 0.0600. The van der Waals surface area contributed by atoms with Crippen molar-refractivity contribution in [1.29, 1.82) is 0 Å². The van der Waals surface area contributed by atoms with Gasteiger partial charge in [-0.2, -0.15) is 0 Å². The van der Waals surface area contributed by atoms with Gasteiger partial charge in [0, 0.05) is 0 Å². The molecule has 0 aromatic heterocycles. The molecule has 0 bridgehead atoms. The van der Waals surface area contributed by atoms with Crippen LogP contribution in [0, 0.1) is 0 Å². The van der Waals surface area contributed by atoms with Crippen molar-refractivity contribution in [1.82, 2.24) is 0 Å². The van der Waals surface area contributed by atoms with Gasteiger partial charge in [-0.25, -0.2) is 4.79 Å². The maximum absolute atomic E-state index is 11.4. The van der Waals surface area contributed by atoms with Crippen LogP contribution < -0.4 is 0 Å². The van der Waals surface area contributed by atoms with E-state index in [0.717, 1.165) is 0 Å². The van der Waals surface area contributed by atoms with Gasteiger partial charge in [-0.1, -0.05) is 61.5 Å². The molecule has 0 radical (unpaired) electrons.